The van der Waals surface area contributed by atoms with Crippen molar-refractivity contribution in [2.24, 2.45) is 11.3 Å². The molecule has 1 heteroatoms. The molecule has 1 aliphatic rings. The van der Waals surface area contributed by atoms with Gasteiger partial charge in [0.05, 0.1) is 0 Å². The van der Waals surface area contributed by atoms with Gasteiger partial charge in [0.2, 0.25) is 0 Å². The summed E-state index contributed by atoms with van der Waals surface area (Å²) in [5.41, 5.74) is 1.88. The lowest BCUT2D eigenvalue weighted by Crippen LogP contribution is -2.39. The van der Waals surface area contributed by atoms with Crippen LogP contribution in [0.5, 0.6) is 0 Å². The lowest BCUT2D eigenvalue weighted by molar-refractivity contribution is -0.109. The molecular weight excluding hydrogens is 208 g/mol. The number of rotatable bonds is 6. The molecular formula is C16H22O. The van der Waals surface area contributed by atoms with Crippen molar-refractivity contribution in [1.82, 2.24) is 0 Å². The highest BCUT2D eigenvalue weighted by atomic mass is 16.1. The van der Waals surface area contributed by atoms with Crippen LogP contribution < -0.4 is 0 Å². The van der Waals surface area contributed by atoms with E-state index in [1.165, 1.54) is 24.8 Å². The monoisotopic (exact) mass is 230 g/mol. The van der Waals surface area contributed by atoms with Crippen LogP contribution >= 0.6 is 0 Å². The molecule has 2 rings (SSSR count). The van der Waals surface area contributed by atoms with E-state index in [2.05, 4.69) is 37.3 Å². The van der Waals surface area contributed by atoms with Crippen LogP contribution in [0.2, 0.25) is 0 Å². The van der Waals surface area contributed by atoms with E-state index in [9.17, 15) is 4.79 Å². The van der Waals surface area contributed by atoms with Gasteiger partial charge in [-0.25, -0.2) is 0 Å². The van der Waals surface area contributed by atoms with Crippen molar-refractivity contribution in [3.05, 3.63) is 35.9 Å². The third-order valence-electron chi connectivity index (χ3n) is 4.64. The molecule has 0 amide bonds. The maximum absolute atomic E-state index is 10.6. The lowest BCUT2D eigenvalue weighted by Gasteiger charge is -2.49. The predicted octanol–water partition coefficient (Wildman–Crippen LogP) is 4.01. The van der Waals surface area contributed by atoms with Crippen LogP contribution in [-0.2, 0) is 11.2 Å². The van der Waals surface area contributed by atoms with Crippen LogP contribution in [0.4, 0.5) is 0 Å². The second-order valence-electron chi connectivity index (χ2n) is 5.49. The predicted molar refractivity (Wildman–Crippen MR) is 70.9 cm³/mol. The summed E-state index contributed by atoms with van der Waals surface area (Å²) in [4.78, 5) is 10.6. The van der Waals surface area contributed by atoms with Gasteiger partial charge >= 0.3 is 0 Å². The van der Waals surface area contributed by atoms with E-state index in [-0.39, 0.29) is 0 Å². The molecule has 0 spiro atoms. The van der Waals surface area contributed by atoms with E-state index < -0.39 is 0 Å². The van der Waals surface area contributed by atoms with Crippen LogP contribution in [0.25, 0.3) is 0 Å². The Morgan fingerprint density at radius 2 is 2.06 bits per heavy atom. The third kappa shape index (κ3) is 2.77. The second kappa shape index (κ2) is 5.48. The standard InChI is InChI=1S/C16H22O/c1-14-8-11-16(14,10-5-13-17)12-9-15-6-3-2-4-7-15/h2-4,6-7,13-14H,5,8-12H2,1H3/t14-,16+/m0/s1. The molecule has 92 valence electrons. The zero-order valence-corrected chi connectivity index (χ0v) is 10.7. The topological polar surface area (TPSA) is 17.1 Å². The minimum atomic E-state index is 0.455. The molecule has 0 aliphatic heterocycles. The highest BCUT2D eigenvalue weighted by Gasteiger charge is 2.42. The fourth-order valence-electron chi connectivity index (χ4n) is 3.09. The molecule has 0 bridgehead atoms. The van der Waals surface area contributed by atoms with Gasteiger partial charge in [-0.05, 0) is 49.0 Å². The molecule has 1 aliphatic carbocycles. The summed E-state index contributed by atoms with van der Waals surface area (Å²) >= 11 is 0. The Labute approximate surface area is 104 Å². The Hall–Kier alpha value is -1.11. The van der Waals surface area contributed by atoms with E-state index in [0.717, 1.165) is 31.5 Å². The average Bonchev–Trinajstić information content (AvgIpc) is 2.38. The van der Waals surface area contributed by atoms with Gasteiger partial charge in [0.15, 0.2) is 0 Å². The summed E-state index contributed by atoms with van der Waals surface area (Å²) in [5.74, 6) is 0.797. The summed E-state index contributed by atoms with van der Waals surface area (Å²) in [6.07, 6.45) is 7.96. The molecule has 0 aromatic heterocycles. The smallest absolute Gasteiger partial charge is 0.120 e. The second-order valence-corrected chi connectivity index (χ2v) is 5.49. The molecule has 1 nitrogen and oxygen atoms in total. The molecule has 0 unspecified atom stereocenters. The summed E-state index contributed by atoms with van der Waals surface area (Å²) in [6.45, 7) is 2.35. The molecule has 0 radical (unpaired) electrons. The Kier molecular flexibility index (Phi) is 3.98. The van der Waals surface area contributed by atoms with Crippen LogP contribution in [0, 0.1) is 11.3 Å². The normalized spacial score (nSPS) is 27.5. The minimum absolute atomic E-state index is 0.455. The summed E-state index contributed by atoms with van der Waals surface area (Å²) in [5, 5.41) is 0. The summed E-state index contributed by atoms with van der Waals surface area (Å²) < 4.78 is 0. The Morgan fingerprint density at radius 3 is 2.59 bits per heavy atom. The van der Waals surface area contributed by atoms with Gasteiger partial charge in [-0.15, -0.1) is 0 Å². The van der Waals surface area contributed by atoms with E-state index >= 15 is 0 Å². The Balaban J connectivity index is 1.92. The molecule has 2 atom stereocenters. The van der Waals surface area contributed by atoms with Gasteiger partial charge in [-0.1, -0.05) is 37.3 Å². The van der Waals surface area contributed by atoms with Crippen molar-refractivity contribution in [2.45, 2.75) is 45.4 Å². The fraction of sp³-hybridized carbons (Fsp3) is 0.562. The summed E-state index contributed by atoms with van der Waals surface area (Å²) in [6, 6.07) is 10.7. The molecule has 17 heavy (non-hydrogen) atoms. The van der Waals surface area contributed by atoms with Crippen molar-refractivity contribution in [1.29, 1.82) is 0 Å². The van der Waals surface area contributed by atoms with Crippen molar-refractivity contribution in [3.63, 3.8) is 0 Å². The minimum Gasteiger partial charge on any atom is -0.303 e. The number of carbonyl (C=O) groups is 1. The van der Waals surface area contributed by atoms with E-state index in [0.29, 0.717) is 5.41 Å². The third-order valence-corrected chi connectivity index (χ3v) is 4.64. The number of hydrogen-bond acceptors (Lipinski definition) is 1. The molecule has 1 fully saturated rings. The Morgan fingerprint density at radius 1 is 1.29 bits per heavy atom. The maximum Gasteiger partial charge on any atom is 0.120 e. The molecule has 1 aromatic rings. The van der Waals surface area contributed by atoms with Crippen LogP contribution in [0.3, 0.4) is 0 Å². The van der Waals surface area contributed by atoms with Gasteiger partial charge in [-0.2, -0.15) is 0 Å². The number of benzene rings is 1. The van der Waals surface area contributed by atoms with Gasteiger partial charge < -0.3 is 4.79 Å². The number of hydrogen-bond donors (Lipinski definition) is 0. The first-order valence-corrected chi connectivity index (χ1v) is 6.74. The molecule has 0 saturated heterocycles. The largest absolute Gasteiger partial charge is 0.303 e. The van der Waals surface area contributed by atoms with Gasteiger partial charge in [0.25, 0.3) is 0 Å². The number of aryl methyl sites for hydroxylation is 1. The van der Waals surface area contributed by atoms with E-state index in [1.54, 1.807) is 0 Å². The quantitative estimate of drug-likeness (QED) is 0.675. The van der Waals surface area contributed by atoms with Crippen molar-refractivity contribution < 1.29 is 4.79 Å². The molecule has 1 saturated carbocycles. The Bertz CT molecular complexity index is 357. The molecule has 0 N–H and O–H groups in total. The van der Waals surface area contributed by atoms with Crippen LogP contribution in [-0.4, -0.2) is 6.29 Å². The van der Waals surface area contributed by atoms with Gasteiger partial charge in [-0.3, -0.25) is 0 Å². The SMILES string of the molecule is C[C@H]1CC[C@]1(CCC=O)CCc1ccccc1. The average molecular weight is 230 g/mol. The van der Waals surface area contributed by atoms with Gasteiger partial charge in [0.1, 0.15) is 6.29 Å². The van der Waals surface area contributed by atoms with Crippen molar-refractivity contribution in [3.8, 4) is 0 Å². The maximum atomic E-state index is 10.6. The number of carbonyl (C=O) groups excluding carboxylic acids is 1. The van der Waals surface area contributed by atoms with Crippen LogP contribution in [0.1, 0.15) is 44.6 Å². The first kappa shape index (κ1) is 12.3. The first-order valence-electron chi connectivity index (χ1n) is 6.74. The van der Waals surface area contributed by atoms with E-state index in [4.69, 9.17) is 0 Å². The van der Waals surface area contributed by atoms with E-state index in [1.807, 2.05) is 0 Å². The van der Waals surface area contributed by atoms with Crippen molar-refractivity contribution in [2.75, 3.05) is 0 Å². The number of aldehydes is 1. The zero-order chi connectivity index (χ0) is 12.1. The highest BCUT2D eigenvalue weighted by Crippen LogP contribution is 2.52. The van der Waals surface area contributed by atoms with Gasteiger partial charge in [0, 0.05) is 6.42 Å². The highest BCUT2D eigenvalue weighted by molar-refractivity contribution is 5.49. The molecule has 0 heterocycles. The van der Waals surface area contributed by atoms with Crippen molar-refractivity contribution >= 4 is 6.29 Å². The fourth-order valence-corrected chi connectivity index (χ4v) is 3.09. The summed E-state index contributed by atoms with van der Waals surface area (Å²) in [7, 11) is 0. The first-order chi connectivity index (χ1) is 8.27. The molecule has 1 aromatic carbocycles. The zero-order valence-electron chi connectivity index (χ0n) is 10.7. The lowest BCUT2D eigenvalue weighted by atomic mass is 9.56. The van der Waals surface area contributed by atoms with Crippen LogP contribution in [0.15, 0.2) is 30.3 Å².